The molecular weight excluding hydrogens is 138 g/mol. The maximum Gasteiger partial charge on any atom is 0.0974 e. The topological polar surface area (TPSA) is 12.5 Å². The van der Waals surface area contributed by atoms with Crippen molar-refractivity contribution in [3.8, 4) is 0 Å². The molecule has 1 aliphatic carbocycles. The maximum atomic E-state index is 5.15. The van der Waals surface area contributed by atoms with Crippen LogP contribution in [0.3, 0.4) is 0 Å². The summed E-state index contributed by atoms with van der Waals surface area (Å²) in [6, 6.07) is 0.495. The van der Waals surface area contributed by atoms with Crippen LogP contribution in [-0.4, -0.2) is 32.1 Å². The van der Waals surface area contributed by atoms with Gasteiger partial charge in [-0.15, -0.1) is 0 Å². The van der Waals surface area contributed by atoms with Crippen LogP contribution in [0.4, 0.5) is 0 Å². The molecule has 0 aromatic carbocycles. The minimum absolute atomic E-state index is 0.495. The molecule has 0 N–H and O–H groups in total. The summed E-state index contributed by atoms with van der Waals surface area (Å²) in [7, 11) is 5.87. The van der Waals surface area contributed by atoms with Crippen LogP contribution in [-0.2, 0) is 4.74 Å². The zero-order chi connectivity index (χ0) is 8.27. The Morgan fingerprint density at radius 2 is 2.27 bits per heavy atom. The monoisotopic (exact) mass is 153 g/mol. The Hall–Kier alpha value is -0.760. The first-order valence-corrected chi connectivity index (χ1v) is 3.82. The fourth-order valence-electron chi connectivity index (χ4n) is 1.14. The van der Waals surface area contributed by atoms with Crippen molar-refractivity contribution in [3.05, 3.63) is 24.0 Å². The summed E-state index contributed by atoms with van der Waals surface area (Å²) in [5.74, 6) is 1.06. The van der Waals surface area contributed by atoms with E-state index in [1.807, 2.05) is 12.2 Å². The first-order chi connectivity index (χ1) is 5.24. The molecule has 0 heterocycles. The maximum absolute atomic E-state index is 5.15. The van der Waals surface area contributed by atoms with Crippen molar-refractivity contribution < 1.29 is 4.74 Å². The number of nitrogens with zero attached hydrogens (tertiary/aromatic N) is 1. The molecule has 2 heteroatoms. The Kier molecular flexibility index (Phi) is 2.71. The number of allylic oxidation sites excluding steroid dienone is 2. The molecule has 0 aromatic heterocycles. The molecule has 62 valence electrons. The first kappa shape index (κ1) is 8.34. The predicted octanol–water partition coefficient (Wildman–Crippen LogP) is 1.41. The molecule has 2 nitrogen and oxygen atoms in total. The summed E-state index contributed by atoms with van der Waals surface area (Å²) >= 11 is 0. The molecule has 0 radical (unpaired) electrons. The van der Waals surface area contributed by atoms with Gasteiger partial charge in [-0.25, -0.2) is 0 Å². The minimum atomic E-state index is 0.495. The molecule has 11 heavy (non-hydrogen) atoms. The lowest BCUT2D eigenvalue weighted by molar-refractivity contribution is 0.240. The smallest absolute Gasteiger partial charge is 0.0974 e. The number of likely N-dealkylation sites (N-methyl/N-ethyl adjacent to an activating group) is 1. The van der Waals surface area contributed by atoms with Gasteiger partial charge in [0, 0.05) is 12.5 Å². The van der Waals surface area contributed by atoms with Crippen LogP contribution in [0.25, 0.3) is 0 Å². The minimum Gasteiger partial charge on any atom is -0.501 e. The fraction of sp³-hybridized carbons (Fsp3) is 0.556. The van der Waals surface area contributed by atoms with Gasteiger partial charge in [-0.1, -0.05) is 12.2 Å². The second kappa shape index (κ2) is 3.58. The lowest BCUT2D eigenvalue weighted by Crippen LogP contribution is -2.27. The Balaban J connectivity index is 2.55. The van der Waals surface area contributed by atoms with E-state index in [1.54, 1.807) is 7.11 Å². The van der Waals surface area contributed by atoms with Crippen LogP contribution in [0.1, 0.15) is 6.42 Å². The van der Waals surface area contributed by atoms with E-state index < -0.39 is 0 Å². The van der Waals surface area contributed by atoms with Crippen LogP contribution in [0.15, 0.2) is 24.0 Å². The fourth-order valence-corrected chi connectivity index (χ4v) is 1.14. The van der Waals surface area contributed by atoms with Gasteiger partial charge in [0.15, 0.2) is 0 Å². The van der Waals surface area contributed by atoms with Gasteiger partial charge in [0.25, 0.3) is 0 Å². The van der Waals surface area contributed by atoms with Gasteiger partial charge in [0.2, 0.25) is 0 Å². The molecule has 0 amide bonds. The third-order valence-corrected chi connectivity index (χ3v) is 1.95. The molecule has 0 fully saturated rings. The molecule has 1 aliphatic rings. The quantitative estimate of drug-likeness (QED) is 0.594. The Morgan fingerprint density at radius 1 is 1.55 bits per heavy atom. The second-order valence-corrected chi connectivity index (χ2v) is 2.96. The third kappa shape index (κ3) is 2.09. The highest BCUT2D eigenvalue weighted by Crippen LogP contribution is 2.15. The van der Waals surface area contributed by atoms with Crippen LogP contribution in [0, 0.1) is 0 Å². The van der Waals surface area contributed by atoms with Crippen LogP contribution >= 0.6 is 0 Å². The lowest BCUT2D eigenvalue weighted by atomic mass is 10.1. The average Bonchev–Trinajstić information content (AvgIpc) is 2.05. The van der Waals surface area contributed by atoms with Crippen LogP contribution in [0.5, 0.6) is 0 Å². The molecule has 0 aromatic rings. The third-order valence-electron chi connectivity index (χ3n) is 1.95. The van der Waals surface area contributed by atoms with Gasteiger partial charge in [0.05, 0.1) is 12.9 Å². The van der Waals surface area contributed by atoms with E-state index in [2.05, 4.69) is 25.1 Å². The van der Waals surface area contributed by atoms with Gasteiger partial charge in [-0.3, -0.25) is 0 Å². The lowest BCUT2D eigenvalue weighted by Gasteiger charge is -2.23. The zero-order valence-electron chi connectivity index (χ0n) is 7.37. The molecule has 0 saturated carbocycles. The van der Waals surface area contributed by atoms with Gasteiger partial charge in [-0.2, -0.15) is 0 Å². The molecule has 0 bridgehead atoms. The van der Waals surface area contributed by atoms with E-state index in [4.69, 9.17) is 4.74 Å². The van der Waals surface area contributed by atoms with Crippen LogP contribution in [0.2, 0.25) is 0 Å². The summed E-state index contributed by atoms with van der Waals surface area (Å²) in [5, 5.41) is 0. The highest BCUT2D eigenvalue weighted by molar-refractivity contribution is 5.17. The zero-order valence-corrected chi connectivity index (χ0v) is 7.37. The summed E-state index contributed by atoms with van der Waals surface area (Å²) < 4.78 is 5.15. The summed E-state index contributed by atoms with van der Waals surface area (Å²) in [5.41, 5.74) is 0. The van der Waals surface area contributed by atoms with E-state index in [0.29, 0.717) is 6.04 Å². The predicted molar refractivity (Wildman–Crippen MR) is 46.3 cm³/mol. The number of hydrogen-bond acceptors (Lipinski definition) is 2. The van der Waals surface area contributed by atoms with E-state index in [0.717, 1.165) is 12.2 Å². The Morgan fingerprint density at radius 3 is 2.82 bits per heavy atom. The highest BCUT2D eigenvalue weighted by Gasteiger charge is 2.12. The molecule has 0 spiro atoms. The summed E-state index contributed by atoms with van der Waals surface area (Å²) in [4.78, 5) is 2.18. The summed E-state index contributed by atoms with van der Waals surface area (Å²) in [6.45, 7) is 0. The first-order valence-electron chi connectivity index (χ1n) is 3.82. The average molecular weight is 153 g/mol. The molecule has 1 atom stereocenters. The summed E-state index contributed by atoms with van der Waals surface area (Å²) in [6.07, 6.45) is 7.23. The SMILES string of the molecule is COC1=CC=CC(N(C)C)C1. The highest BCUT2D eigenvalue weighted by atomic mass is 16.5. The normalized spacial score (nSPS) is 23.6. The molecular formula is C9H15NO. The van der Waals surface area contributed by atoms with Crippen molar-refractivity contribution >= 4 is 0 Å². The van der Waals surface area contributed by atoms with Gasteiger partial charge in [0.1, 0.15) is 0 Å². The van der Waals surface area contributed by atoms with Crippen molar-refractivity contribution in [1.82, 2.24) is 4.90 Å². The van der Waals surface area contributed by atoms with Crippen molar-refractivity contribution in [2.45, 2.75) is 12.5 Å². The Bertz CT molecular complexity index is 182. The van der Waals surface area contributed by atoms with Gasteiger partial charge < -0.3 is 9.64 Å². The van der Waals surface area contributed by atoms with Crippen LogP contribution < -0.4 is 0 Å². The molecule has 0 aliphatic heterocycles. The molecule has 1 unspecified atom stereocenters. The number of ether oxygens (including phenoxy) is 1. The Labute approximate surface area is 68.1 Å². The van der Waals surface area contributed by atoms with E-state index in [9.17, 15) is 0 Å². The van der Waals surface area contributed by atoms with E-state index in [1.165, 1.54) is 0 Å². The van der Waals surface area contributed by atoms with Gasteiger partial charge >= 0.3 is 0 Å². The van der Waals surface area contributed by atoms with Crippen molar-refractivity contribution in [1.29, 1.82) is 0 Å². The largest absolute Gasteiger partial charge is 0.501 e. The van der Waals surface area contributed by atoms with Crippen molar-refractivity contribution in [2.24, 2.45) is 0 Å². The van der Waals surface area contributed by atoms with Crippen molar-refractivity contribution in [3.63, 3.8) is 0 Å². The molecule has 1 rings (SSSR count). The van der Waals surface area contributed by atoms with E-state index in [-0.39, 0.29) is 0 Å². The number of rotatable bonds is 2. The number of methoxy groups -OCH3 is 1. The second-order valence-electron chi connectivity index (χ2n) is 2.96. The van der Waals surface area contributed by atoms with E-state index >= 15 is 0 Å². The molecule has 0 saturated heterocycles. The number of hydrogen-bond donors (Lipinski definition) is 0. The standard InChI is InChI=1S/C9H15NO/c1-10(2)8-5-4-6-9(7-8)11-3/h4-6,8H,7H2,1-3H3. The van der Waals surface area contributed by atoms with Gasteiger partial charge in [-0.05, 0) is 20.2 Å². The van der Waals surface area contributed by atoms with Crippen molar-refractivity contribution in [2.75, 3.05) is 21.2 Å².